The van der Waals surface area contributed by atoms with Gasteiger partial charge >= 0.3 is 6.18 Å². The summed E-state index contributed by atoms with van der Waals surface area (Å²) in [6, 6.07) is 2.23. The summed E-state index contributed by atoms with van der Waals surface area (Å²) in [7, 11) is 0. The number of nitrogens with zero attached hydrogens (tertiary/aromatic N) is 1. The molecule has 0 amide bonds. The van der Waals surface area contributed by atoms with Crippen LogP contribution in [0.2, 0.25) is 0 Å². The van der Waals surface area contributed by atoms with Crippen LogP contribution in [0.1, 0.15) is 17.5 Å². The molecule has 2 rings (SSSR count). The Kier molecular flexibility index (Phi) is 2.62. The SMILES string of the molecule is FC(F)(F)c1ccc(C2OCCO2)cn1. The van der Waals surface area contributed by atoms with E-state index in [2.05, 4.69) is 4.98 Å². The van der Waals surface area contributed by atoms with E-state index in [-0.39, 0.29) is 0 Å². The van der Waals surface area contributed by atoms with Crippen LogP contribution >= 0.6 is 0 Å². The fourth-order valence-electron chi connectivity index (χ4n) is 1.26. The topological polar surface area (TPSA) is 31.4 Å². The van der Waals surface area contributed by atoms with Crippen molar-refractivity contribution in [2.75, 3.05) is 13.2 Å². The molecule has 0 spiro atoms. The highest BCUT2D eigenvalue weighted by molar-refractivity contribution is 5.17. The molecule has 0 atom stereocenters. The molecular weight excluding hydrogens is 211 g/mol. The third kappa shape index (κ3) is 2.27. The molecule has 0 N–H and O–H groups in total. The van der Waals surface area contributed by atoms with Gasteiger partial charge in [-0.25, -0.2) is 0 Å². The standard InChI is InChI=1S/C9H8F3NO2/c10-9(11,12)7-2-1-6(5-13-7)8-14-3-4-15-8/h1-2,5,8H,3-4H2. The van der Waals surface area contributed by atoms with E-state index in [1.54, 1.807) is 0 Å². The molecule has 1 fully saturated rings. The predicted octanol–water partition coefficient (Wildman–Crippen LogP) is 2.15. The molecule has 1 aliphatic rings. The lowest BCUT2D eigenvalue weighted by molar-refractivity contribution is -0.141. The van der Waals surface area contributed by atoms with Crippen molar-refractivity contribution >= 4 is 0 Å². The lowest BCUT2D eigenvalue weighted by Gasteiger charge is -2.10. The normalized spacial score (nSPS) is 18.3. The minimum absolute atomic E-state index is 0.450. The fraction of sp³-hybridized carbons (Fsp3) is 0.444. The van der Waals surface area contributed by atoms with Crippen LogP contribution in [0.25, 0.3) is 0 Å². The van der Waals surface area contributed by atoms with E-state index in [1.165, 1.54) is 6.07 Å². The van der Waals surface area contributed by atoms with Crippen LogP contribution in [0.3, 0.4) is 0 Å². The van der Waals surface area contributed by atoms with E-state index < -0.39 is 18.2 Å². The van der Waals surface area contributed by atoms with Crippen LogP contribution in [-0.4, -0.2) is 18.2 Å². The smallest absolute Gasteiger partial charge is 0.346 e. The van der Waals surface area contributed by atoms with Crippen LogP contribution in [0.4, 0.5) is 13.2 Å². The summed E-state index contributed by atoms with van der Waals surface area (Å²) in [6.45, 7) is 0.900. The molecule has 1 aromatic heterocycles. The summed E-state index contributed by atoms with van der Waals surface area (Å²) in [5.41, 5.74) is -0.412. The monoisotopic (exact) mass is 219 g/mol. The van der Waals surface area contributed by atoms with Crippen molar-refractivity contribution in [1.82, 2.24) is 4.98 Å². The average molecular weight is 219 g/mol. The van der Waals surface area contributed by atoms with Gasteiger partial charge in [0.15, 0.2) is 6.29 Å². The van der Waals surface area contributed by atoms with Gasteiger partial charge in [0, 0.05) is 11.8 Å². The van der Waals surface area contributed by atoms with Gasteiger partial charge < -0.3 is 9.47 Å². The molecule has 1 saturated heterocycles. The highest BCUT2D eigenvalue weighted by Gasteiger charge is 2.32. The van der Waals surface area contributed by atoms with E-state index >= 15 is 0 Å². The van der Waals surface area contributed by atoms with Crippen LogP contribution < -0.4 is 0 Å². The van der Waals surface area contributed by atoms with Crippen molar-refractivity contribution in [3.63, 3.8) is 0 Å². The number of hydrogen-bond donors (Lipinski definition) is 0. The zero-order chi connectivity index (χ0) is 10.9. The van der Waals surface area contributed by atoms with Crippen molar-refractivity contribution < 1.29 is 22.6 Å². The first-order valence-electron chi connectivity index (χ1n) is 4.34. The van der Waals surface area contributed by atoms with Gasteiger partial charge in [0.25, 0.3) is 0 Å². The number of halogens is 3. The number of rotatable bonds is 1. The van der Waals surface area contributed by atoms with Gasteiger partial charge in [0.2, 0.25) is 0 Å². The molecule has 0 aromatic carbocycles. The van der Waals surface area contributed by atoms with E-state index in [9.17, 15) is 13.2 Å². The van der Waals surface area contributed by atoms with Gasteiger partial charge in [-0.1, -0.05) is 6.07 Å². The third-order valence-electron chi connectivity index (χ3n) is 1.97. The van der Waals surface area contributed by atoms with Crippen LogP contribution in [0, 0.1) is 0 Å². The van der Waals surface area contributed by atoms with Gasteiger partial charge in [0.1, 0.15) is 5.69 Å². The molecule has 6 heteroatoms. The van der Waals surface area contributed by atoms with Crippen molar-refractivity contribution in [2.45, 2.75) is 12.5 Å². The van der Waals surface area contributed by atoms with Gasteiger partial charge in [-0.2, -0.15) is 13.2 Å². The zero-order valence-electron chi connectivity index (χ0n) is 7.62. The van der Waals surface area contributed by atoms with Crippen LogP contribution in [-0.2, 0) is 15.7 Å². The Bertz CT molecular complexity index is 330. The summed E-state index contributed by atoms with van der Waals surface area (Å²) >= 11 is 0. The Morgan fingerprint density at radius 2 is 1.87 bits per heavy atom. The maximum atomic E-state index is 12.2. The first kappa shape index (κ1) is 10.4. The molecule has 15 heavy (non-hydrogen) atoms. The number of alkyl halides is 3. The first-order chi connectivity index (χ1) is 7.07. The summed E-state index contributed by atoms with van der Waals surface area (Å²) in [5.74, 6) is 0. The first-order valence-corrected chi connectivity index (χ1v) is 4.34. The molecule has 0 aliphatic carbocycles. The van der Waals surface area contributed by atoms with Gasteiger partial charge in [0.05, 0.1) is 13.2 Å². The van der Waals surface area contributed by atoms with Crippen LogP contribution in [0.15, 0.2) is 18.3 Å². The summed E-state index contributed by atoms with van der Waals surface area (Å²) in [4.78, 5) is 3.31. The van der Waals surface area contributed by atoms with E-state index in [4.69, 9.17) is 9.47 Å². The average Bonchev–Trinajstić information content (AvgIpc) is 2.69. The van der Waals surface area contributed by atoms with Crippen molar-refractivity contribution in [3.8, 4) is 0 Å². The Labute approximate surface area is 83.8 Å². The molecule has 1 aromatic rings. The number of aromatic nitrogens is 1. The highest BCUT2D eigenvalue weighted by atomic mass is 19.4. The molecule has 3 nitrogen and oxygen atoms in total. The van der Waals surface area contributed by atoms with Crippen LogP contribution in [0.5, 0.6) is 0 Å². The van der Waals surface area contributed by atoms with Gasteiger partial charge in [-0.15, -0.1) is 0 Å². The second-order valence-electron chi connectivity index (χ2n) is 3.05. The Morgan fingerprint density at radius 3 is 2.33 bits per heavy atom. The van der Waals surface area contributed by atoms with Gasteiger partial charge in [-0.05, 0) is 6.07 Å². The number of hydrogen-bond acceptors (Lipinski definition) is 3. The maximum Gasteiger partial charge on any atom is 0.433 e. The summed E-state index contributed by atoms with van der Waals surface area (Å²) in [5, 5.41) is 0. The molecule has 0 radical (unpaired) electrons. The predicted molar refractivity (Wildman–Crippen MR) is 43.9 cm³/mol. The lowest BCUT2D eigenvalue weighted by atomic mass is 10.2. The van der Waals surface area contributed by atoms with E-state index in [0.717, 1.165) is 12.3 Å². The molecule has 0 unspecified atom stereocenters. The Morgan fingerprint density at radius 1 is 1.20 bits per heavy atom. The highest BCUT2D eigenvalue weighted by Crippen LogP contribution is 2.29. The zero-order valence-corrected chi connectivity index (χ0v) is 7.62. The maximum absolute atomic E-state index is 12.2. The Hall–Kier alpha value is -1.14. The summed E-state index contributed by atoms with van der Waals surface area (Å²) < 4.78 is 46.8. The molecule has 1 aliphatic heterocycles. The minimum atomic E-state index is -4.41. The second kappa shape index (κ2) is 3.79. The van der Waals surface area contributed by atoms with Crippen molar-refractivity contribution in [3.05, 3.63) is 29.6 Å². The third-order valence-corrected chi connectivity index (χ3v) is 1.97. The van der Waals surface area contributed by atoms with Crippen molar-refractivity contribution in [2.24, 2.45) is 0 Å². The quantitative estimate of drug-likeness (QED) is 0.725. The molecule has 82 valence electrons. The second-order valence-corrected chi connectivity index (χ2v) is 3.05. The van der Waals surface area contributed by atoms with Crippen molar-refractivity contribution in [1.29, 1.82) is 0 Å². The van der Waals surface area contributed by atoms with E-state index in [1.807, 2.05) is 0 Å². The number of ether oxygens (including phenoxy) is 2. The largest absolute Gasteiger partial charge is 0.433 e. The molecule has 0 saturated carbocycles. The Balaban J connectivity index is 2.16. The lowest BCUT2D eigenvalue weighted by Crippen LogP contribution is -2.08. The number of pyridine rings is 1. The van der Waals surface area contributed by atoms with Gasteiger partial charge in [-0.3, -0.25) is 4.98 Å². The molecule has 0 bridgehead atoms. The molecular formula is C9H8F3NO2. The summed E-state index contributed by atoms with van der Waals surface area (Å²) in [6.07, 6.45) is -3.87. The molecule has 2 heterocycles. The van der Waals surface area contributed by atoms with E-state index in [0.29, 0.717) is 18.8 Å². The fourth-order valence-corrected chi connectivity index (χ4v) is 1.26. The minimum Gasteiger partial charge on any atom is -0.346 e.